The molecule has 2 saturated heterocycles. The van der Waals surface area contributed by atoms with Crippen molar-refractivity contribution in [3.05, 3.63) is 42.6 Å². The number of nitrogens with zero attached hydrogens (tertiary/aromatic N) is 5. The van der Waals surface area contributed by atoms with Crippen LogP contribution in [0.1, 0.15) is 44.6 Å². The number of amides is 1. The maximum atomic E-state index is 13.6. The molecule has 8 heteroatoms. The Balaban J connectivity index is 1.11. The van der Waals surface area contributed by atoms with Crippen LogP contribution in [0, 0.1) is 17.3 Å². The lowest BCUT2D eigenvalue weighted by Gasteiger charge is -2.27. The average molecular weight is 444 g/mol. The molecule has 1 N–H and O–H groups in total. The molecule has 4 heterocycles. The van der Waals surface area contributed by atoms with Crippen LogP contribution < -0.4 is 0 Å². The number of fused-ring (bicyclic) bond motifs is 4. The summed E-state index contributed by atoms with van der Waals surface area (Å²) in [6, 6.07) is 12.2. The fourth-order valence-electron chi connectivity index (χ4n) is 6.99. The molecule has 2 aliphatic heterocycles. The molecule has 0 unspecified atom stereocenters. The normalized spacial score (nSPS) is 34.1. The van der Waals surface area contributed by atoms with Gasteiger partial charge in [0.1, 0.15) is 5.69 Å². The van der Waals surface area contributed by atoms with Gasteiger partial charge in [0.15, 0.2) is 0 Å². The third-order valence-electron chi connectivity index (χ3n) is 8.71. The van der Waals surface area contributed by atoms with Gasteiger partial charge in [-0.05, 0) is 56.6 Å². The van der Waals surface area contributed by atoms with E-state index in [1.54, 1.807) is 0 Å². The first kappa shape index (κ1) is 19.2. The minimum atomic E-state index is -0.758. The van der Waals surface area contributed by atoms with E-state index in [2.05, 4.69) is 10.3 Å². The summed E-state index contributed by atoms with van der Waals surface area (Å²) in [5.41, 5.74) is 2.14. The number of carboxylic acid groups (broad SMARTS) is 1. The van der Waals surface area contributed by atoms with Gasteiger partial charge in [0.2, 0.25) is 5.91 Å². The van der Waals surface area contributed by atoms with Crippen molar-refractivity contribution in [3.8, 4) is 11.4 Å². The molecule has 1 amide bonds. The molecule has 6 atom stereocenters. The van der Waals surface area contributed by atoms with E-state index >= 15 is 0 Å². The van der Waals surface area contributed by atoms with Crippen molar-refractivity contribution in [2.45, 2.75) is 56.7 Å². The first-order valence-corrected chi connectivity index (χ1v) is 11.9. The van der Waals surface area contributed by atoms with E-state index in [4.69, 9.17) is 4.98 Å². The third kappa shape index (κ3) is 2.66. The molecular weight excluding hydrogens is 418 g/mol. The van der Waals surface area contributed by atoms with Crippen LogP contribution in [0.3, 0.4) is 0 Å². The highest BCUT2D eigenvalue weighted by molar-refractivity contribution is 5.89. The quantitative estimate of drug-likeness (QED) is 0.664. The summed E-state index contributed by atoms with van der Waals surface area (Å²) in [4.78, 5) is 32.0. The Kier molecular flexibility index (Phi) is 3.85. The SMILES string of the molecule is O=C(O)[C@@H]1C[C@H]2CC[C@@H]1N2C(=O)[C@@]12CC[C@H](n3cc(-c4ccc5ccccc5n4)nn3)[C@@H]1C2. The number of hydrogen-bond donors (Lipinski definition) is 1. The van der Waals surface area contributed by atoms with E-state index in [1.807, 2.05) is 52.2 Å². The molecule has 0 radical (unpaired) electrons. The number of carbonyl (C=O) groups excluding carboxylic acids is 1. The van der Waals surface area contributed by atoms with Gasteiger partial charge >= 0.3 is 5.97 Å². The summed E-state index contributed by atoms with van der Waals surface area (Å²) in [6.07, 6.45) is 6.95. The second-order valence-electron chi connectivity index (χ2n) is 10.2. The number of benzene rings is 1. The number of rotatable bonds is 4. The lowest BCUT2D eigenvalue weighted by atomic mass is 9.89. The molecule has 4 fully saturated rings. The predicted octanol–water partition coefficient (Wildman–Crippen LogP) is 3.30. The van der Waals surface area contributed by atoms with Crippen molar-refractivity contribution in [2.24, 2.45) is 17.3 Å². The number of carbonyl (C=O) groups is 2. The van der Waals surface area contributed by atoms with Gasteiger partial charge in [0, 0.05) is 17.5 Å². The van der Waals surface area contributed by atoms with Crippen LogP contribution >= 0.6 is 0 Å². The fourth-order valence-corrected chi connectivity index (χ4v) is 6.99. The Bertz CT molecular complexity index is 1300. The van der Waals surface area contributed by atoms with Gasteiger partial charge in [0.25, 0.3) is 0 Å². The molecular formula is C25H25N5O3. The number of carboxylic acids is 1. The van der Waals surface area contributed by atoms with Crippen LogP contribution in [0.5, 0.6) is 0 Å². The van der Waals surface area contributed by atoms with Crippen LogP contribution in [-0.2, 0) is 9.59 Å². The number of hydrogen-bond acceptors (Lipinski definition) is 5. The average Bonchev–Trinajstić information content (AvgIpc) is 3.30. The Morgan fingerprint density at radius 1 is 1.03 bits per heavy atom. The van der Waals surface area contributed by atoms with Gasteiger partial charge in [-0.3, -0.25) is 9.59 Å². The zero-order valence-corrected chi connectivity index (χ0v) is 18.2. The predicted molar refractivity (Wildman–Crippen MR) is 119 cm³/mol. The van der Waals surface area contributed by atoms with Crippen LogP contribution in [0.15, 0.2) is 42.6 Å². The zero-order valence-electron chi connectivity index (χ0n) is 18.2. The molecule has 1 aromatic carbocycles. The topological polar surface area (TPSA) is 101 Å². The Morgan fingerprint density at radius 3 is 2.73 bits per heavy atom. The van der Waals surface area contributed by atoms with Crippen molar-refractivity contribution in [2.75, 3.05) is 0 Å². The lowest BCUT2D eigenvalue weighted by molar-refractivity contribution is -0.144. The maximum absolute atomic E-state index is 13.6. The first-order valence-electron chi connectivity index (χ1n) is 11.9. The van der Waals surface area contributed by atoms with Crippen molar-refractivity contribution in [1.29, 1.82) is 0 Å². The summed E-state index contributed by atoms with van der Waals surface area (Å²) < 4.78 is 1.93. The second-order valence-corrected chi connectivity index (χ2v) is 10.2. The molecule has 7 rings (SSSR count). The van der Waals surface area contributed by atoms with Crippen LogP contribution in [0.4, 0.5) is 0 Å². The number of para-hydroxylation sites is 1. The highest BCUT2D eigenvalue weighted by atomic mass is 16.4. The second kappa shape index (κ2) is 6.62. The Hall–Kier alpha value is -3.29. The van der Waals surface area contributed by atoms with Gasteiger partial charge in [-0.25, -0.2) is 9.67 Å². The summed E-state index contributed by atoms with van der Waals surface area (Å²) in [6.45, 7) is 0. The first-order chi connectivity index (χ1) is 16.0. The smallest absolute Gasteiger partial charge is 0.308 e. The number of aliphatic carboxylic acids is 1. The third-order valence-corrected chi connectivity index (χ3v) is 8.71. The van der Waals surface area contributed by atoms with Gasteiger partial charge < -0.3 is 10.0 Å². The zero-order chi connectivity index (χ0) is 22.3. The van der Waals surface area contributed by atoms with Gasteiger partial charge in [-0.2, -0.15) is 0 Å². The fraction of sp³-hybridized carbons (Fsp3) is 0.480. The van der Waals surface area contributed by atoms with Crippen molar-refractivity contribution < 1.29 is 14.7 Å². The van der Waals surface area contributed by atoms with Gasteiger partial charge in [-0.1, -0.05) is 29.5 Å². The minimum Gasteiger partial charge on any atom is -0.481 e. The van der Waals surface area contributed by atoms with E-state index in [1.165, 1.54) is 0 Å². The maximum Gasteiger partial charge on any atom is 0.308 e. The molecule has 33 heavy (non-hydrogen) atoms. The van der Waals surface area contributed by atoms with Gasteiger partial charge in [0.05, 0.1) is 34.8 Å². The van der Waals surface area contributed by atoms with E-state index in [0.717, 1.165) is 54.4 Å². The van der Waals surface area contributed by atoms with Crippen LogP contribution in [0.25, 0.3) is 22.3 Å². The molecule has 8 nitrogen and oxygen atoms in total. The summed E-state index contributed by atoms with van der Waals surface area (Å²) in [5.74, 6) is -0.701. The summed E-state index contributed by atoms with van der Waals surface area (Å²) >= 11 is 0. The minimum absolute atomic E-state index is 0.107. The van der Waals surface area contributed by atoms with E-state index in [-0.39, 0.29) is 35.4 Å². The lowest BCUT2D eigenvalue weighted by Crippen LogP contribution is -2.42. The van der Waals surface area contributed by atoms with Crippen molar-refractivity contribution >= 4 is 22.8 Å². The standard InChI is InChI=1S/C25H25N5O3/c31-23(32)16-11-15-6-8-21(16)30(15)24(33)25-10-9-22(17(25)12-25)29-13-20(27-28-29)19-7-5-14-3-1-2-4-18(14)26-19/h1-5,7,13,15-17,21-22H,6,8-12H2,(H,31,32)/t15-,16-,17+,21+,22+,25-/m1/s1. The molecule has 2 bridgehead atoms. The summed E-state index contributed by atoms with van der Waals surface area (Å²) in [7, 11) is 0. The molecule has 2 aliphatic carbocycles. The molecule has 2 aromatic heterocycles. The van der Waals surface area contributed by atoms with Gasteiger partial charge in [-0.15, -0.1) is 5.10 Å². The number of aromatic nitrogens is 4. The molecule has 0 spiro atoms. The Morgan fingerprint density at radius 2 is 1.91 bits per heavy atom. The van der Waals surface area contributed by atoms with E-state index in [9.17, 15) is 14.7 Å². The van der Waals surface area contributed by atoms with E-state index in [0.29, 0.717) is 6.42 Å². The van der Waals surface area contributed by atoms with Crippen LogP contribution in [-0.4, -0.2) is 53.9 Å². The van der Waals surface area contributed by atoms with Crippen molar-refractivity contribution in [3.63, 3.8) is 0 Å². The molecule has 3 aromatic rings. The molecule has 4 aliphatic rings. The molecule has 168 valence electrons. The van der Waals surface area contributed by atoms with E-state index < -0.39 is 11.9 Å². The highest BCUT2D eigenvalue weighted by Crippen LogP contribution is 2.69. The molecule has 2 saturated carbocycles. The van der Waals surface area contributed by atoms with Crippen LogP contribution in [0.2, 0.25) is 0 Å². The Labute approximate surface area is 190 Å². The van der Waals surface area contributed by atoms with Crippen molar-refractivity contribution in [1.82, 2.24) is 24.9 Å². The highest BCUT2D eigenvalue weighted by Gasteiger charge is 2.70. The largest absolute Gasteiger partial charge is 0.481 e. The summed E-state index contributed by atoms with van der Waals surface area (Å²) in [5, 5.41) is 19.5. The monoisotopic (exact) mass is 443 g/mol. The number of pyridine rings is 1.